The third kappa shape index (κ3) is 1.64. The van der Waals surface area contributed by atoms with Gasteiger partial charge in [-0.05, 0) is 37.5 Å². The van der Waals surface area contributed by atoms with Gasteiger partial charge in [0.1, 0.15) is 0 Å². The van der Waals surface area contributed by atoms with Crippen LogP contribution in [0.3, 0.4) is 0 Å². The highest BCUT2D eigenvalue weighted by atomic mass is 35.5. The minimum Gasteiger partial charge on any atom is -0.328 e. The number of hydrogen-bond donors (Lipinski definition) is 1. The van der Waals surface area contributed by atoms with Gasteiger partial charge in [0.15, 0.2) is 0 Å². The van der Waals surface area contributed by atoms with E-state index in [2.05, 4.69) is 0 Å². The summed E-state index contributed by atoms with van der Waals surface area (Å²) >= 11 is 5.86. The van der Waals surface area contributed by atoms with E-state index >= 15 is 0 Å². The lowest BCUT2D eigenvalue weighted by Crippen LogP contribution is -2.39. The number of benzene rings is 1. The Bertz CT molecular complexity index is 544. The van der Waals surface area contributed by atoms with Crippen LogP contribution in [-0.4, -0.2) is 28.8 Å². The van der Waals surface area contributed by atoms with E-state index in [-0.39, 0.29) is 23.9 Å². The molecule has 2 N–H and O–H groups in total. The molecule has 1 aliphatic carbocycles. The number of hydrogen-bond acceptors (Lipinski definition) is 3. The van der Waals surface area contributed by atoms with Crippen molar-refractivity contribution in [2.45, 2.75) is 31.3 Å². The van der Waals surface area contributed by atoms with Crippen molar-refractivity contribution in [2.75, 3.05) is 0 Å². The Morgan fingerprint density at radius 3 is 2.56 bits per heavy atom. The van der Waals surface area contributed by atoms with Crippen LogP contribution in [0.4, 0.5) is 0 Å². The van der Waals surface area contributed by atoms with Gasteiger partial charge in [0.25, 0.3) is 11.8 Å². The molecule has 0 aromatic heterocycles. The predicted octanol–water partition coefficient (Wildman–Crippen LogP) is 1.82. The minimum absolute atomic E-state index is 0.0637. The largest absolute Gasteiger partial charge is 0.328 e. The van der Waals surface area contributed by atoms with Crippen LogP contribution in [0.15, 0.2) is 18.2 Å². The molecule has 0 bridgehead atoms. The molecular formula is C13H13ClN2O2. The zero-order valence-electron chi connectivity index (χ0n) is 9.73. The fourth-order valence-corrected chi connectivity index (χ4v) is 2.96. The zero-order valence-corrected chi connectivity index (χ0v) is 10.5. The van der Waals surface area contributed by atoms with Crippen molar-refractivity contribution in [3.63, 3.8) is 0 Å². The number of amides is 2. The van der Waals surface area contributed by atoms with Gasteiger partial charge in [0.05, 0.1) is 11.1 Å². The van der Waals surface area contributed by atoms with Crippen molar-refractivity contribution in [3.8, 4) is 0 Å². The lowest BCUT2D eigenvalue weighted by Gasteiger charge is -2.21. The Morgan fingerprint density at radius 2 is 1.89 bits per heavy atom. The molecule has 5 heteroatoms. The molecule has 0 saturated heterocycles. The Kier molecular flexibility index (Phi) is 2.64. The third-order valence-electron chi connectivity index (χ3n) is 3.69. The van der Waals surface area contributed by atoms with E-state index in [1.165, 1.54) is 4.90 Å². The fraction of sp³-hybridized carbons (Fsp3) is 0.385. The maximum absolute atomic E-state index is 12.3. The summed E-state index contributed by atoms with van der Waals surface area (Å²) < 4.78 is 0. The normalized spacial score (nSPS) is 26.9. The molecule has 94 valence electrons. The topological polar surface area (TPSA) is 63.4 Å². The zero-order chi connectivity index (χ0) is 12.9. The lowest BCUT2D eigenvalue weighted by molar-refractivity contribution is 0.0587. The summed E-state index contributed by atoms with van der Waals surface area (Å²) in [6, 6.07) is 4.84. The average molecular weight is 265 g/mol. The molecule has 0 spiro atoms. The van der Waals surface area contributed by atoms with Gasteiger partial charge in [-0.3, -0.25) is 14.5 Å². The Balaban J connectivity index is 1.97. The first kappa shape index (κ1) is 11.7. The van der Waals surface area contributed by atoms with Gasteiger partial charge in [-0.25, -0.2) is 0 Å². The standard InChI is InChI=1S/C13H13ClN2O2/c14-7-1-4-10-11(5-7)13(18)16(12(10)17)9-3-2-8(15)6-9/h1,4-5,8-9H,2-3,6,15H2. The summed E-state index contributed by atoms with van der Waals surface area (Å²) in [5, 5.41) is 0.472. The summed E-state index contributed by atoms with van der Waals surface area (Å²) in [4.78, 5) is 25.8. The van der Waals surface area contributed by atoms with E-state index in [1.54, 1.807) is 18.2 Å². The highest BCUT2D eigenvalue weighted by Crippen LogP contribution is 2.32. The van der Waals surface area contributed by atoms with Crippen LogP contribution >= 0.6 is 11.6 Å². The first-order chi connectivity index (χ1) is 8.58. The summed E-state index contributed by atoms with van der Waals surface area (Å²) in [5.74, 6) is -0.456. The van der Waals surface area contributed by atoms with Gasteiger partial charge in [-0.15, -0.1) is 0 Å². The summed E-state index contributed by atoms with van der Waals surface area (Å²) in [6.07, 6.45) is 2.35. The minimum atomic E-state index is -0.239. The summed E-state index contributed by atoms with van der Waals surface area (Å²) in [5.41, 5.74) is 6.70. The second-order valence-corrected chi connectivity index (χ2v) is 5.33. The predicted molar refractivity (Wildman–Crippen MR) is 67.6 cm³/mol. The molecule has 18 heavy (non-hydrogen) atoms. The number of nitrogens with two attached hydrogens (primary N) is 1. The number of carbonyl (C=O) groups is 2. The number of halogens is 1. The third-order valence-corrected chi connectivity index (χ3v) is 3.93. The van der Waals surface area contributed by atoms with Gasteiger partial charge in [-0.2, -0.15) is 0 Å². The molecule has 1 heterocycles. The van der Waals surface area contributed by atoms with Crippen molar-refractivity contribution >= 4 is 23.4 Å². The van der Waals surface area contributed by atoms with Crippen molar-refractivity contribution in [2.24, 2.45) is 5.73 Å². The second kappa shape index (κ2) is 4.07. The molecule has 2 unspecified atom stereocenters. The number of nitrogens with zero attached hydrogens (tertiary/aromatic N) is 1. The van der Waals surface area contributed by atoms with Crippen LogP contribution in [0.1, 0.15) is 40.0 Å². The van der Waals surface area contributed by atoms with Crippen molar-refractivity contribution in [3.05, 3.63) is 34.3 Å². The van der Waals surface area contributed by atoms with E-state index < -0.39 is 0 Å². The molecule has 1 aromatic rings. The highest BCUT2D eigenvalue weighted by molar-refractivity contribution is 6.32. The smallest absolute Gasteiger partial charge is 0.261 e. The highest BCUT2D eigenvalue weighted by Gasteiger charge is 2.42. The fourth-order valence-electron chi connectivity index (χ4n) is 2.79. The van der Waals surface area contributed by atoms with Crippen LogP contribution in [0.25, 0.3) is 0 Å². The van der Waals surface area contributed by atoms with Gasteiger partial charge >= 0.3 is 0 Å². The number of rotatable bonds is 1. The van der Waals surface area contributed by atoms with E-state index in [9.17, 15) is 9.59 Å². The number of carbonyl (C=O) groups excluding carboxylic acids is 2. The number of imide groups is 1. The van der Waals surface area contributed by atoms with Crippen LogP contribution in [0, 0.1) is 0 Å². The van der Waals surface area contributed by atoms with Gasteiger partial charge in [0.2, 0.25) is 0 Å². The molecule has 2 amide bonds. The summed E-state index contributed by atoms with van der Waals surface area (Å²) in [7, 11) is 0. The molecule has 2 aliphatic rings. The van der Waals surface area contributed by atoms with Crippen LogP contribution < -0.4 is 5.73 Å². The molecule has 1 aliphatic heterocycles. The molecule has 2 atom stereocenters. The maximum Gasteiger partial charge on any atom is 0.261 e. The van der Waals surface area contributed by atoms with Gasteiger partial charge in [0, 0.05) is 17.1 Å². The van der Waals surface area contributed by atoms with Crippen molar-refractivity contribution in [1.82, 2.24) is 4.90 Å². The first-order valence-electron chi connectivity index (χ1n) is 6.01. The number of fused-ring (bicyclic) bond motifs is 1. The molecule has 1 aromatic carbocycles. The molecule has 1 saturated carbocycles. The molecular weight excluding hydrogens is 252 g/mol. The molecule has 0 radical (unpaired) electrons. The lowest BCUT2D eigenvalue weighted by atomic mass is 10.1. The molecule has 4 nitrogen and oxygen atoms in total. The van der Waals surface area contributed by atoms with Gasteiger partial charge in [-0.1, -0.05) is 11.6 Å². The first-order valence-corrected chi connectivity index (χ1v) is 6.38. The van der Waals surface area contributed by atoms with Crippen molar-refractivity contribution < 1.29 is 9.59 Å². The maximum atomic E-state index is 12.3. The molecule has 1 fully saturated rings. The van der Waals surface area contributed by atoms with E-state index in [1.807, 2.05) is 0 Å². The van der Waals surface area contributed by atoms with E-state index in [0.717, 1.165) is 12.8 Å². The quantitative estimate of drug-likeness (QED) is 0.787. The monoisotopic (exact) mass is 264 g/mol. The Morgan fingerprint density at radius 1 is 1.17 bits per heavy atom. The van der Waals surface area contributed by atoms with Crippen LogP contribution in [0.2, 0.25) is 5.02 Å². The van der Waals surface area contributed by atoms with E-state index in [4.69, 9.17) is 17.3 Å². The van der Waals surface area contributed by atoms with Crippen LogP contribution in [-0.2, 0) is 0 Å². The Labute approximate surface area is 110 Å². The molecule has 3 rings (SSSR count). The SMILES string of the molecule is NC1CCC(N2C(=O)c3ccc(Cl)cc3C2=O)C1. The van der Waals surface area contributed by atoms with E-state index in [0.29, 0.717) is 22.6 Å². The van der Waals surface area contributed by atoms with Crippen molar-refractivity contribution in [1.29, 1.82) is 0 Å². The van der Waals surface area contributed by atoms with Gasteiger partial charge < -0.3 is 5.73 Å². The second-order valence-electron chi connectivity index (χ2n) is 4.90. The Hall–Kier alpha value is -1.39. The average Bonchev–Trinajstić information content (AvgIpc) is 2.84. The van der Waals surface area contributed by atoms with Crippen LogP contribution in [0.5, 0.6) is 0 Å². The summed E-state index contributed by atoms with van der Waals surface area (Å²) in [6.45, 7) is 0.